The van der Waals surface area contributed by atoms with Gasteiger partial charge in [0.25, 0.3) is 0 Å². The smallest absolute Gasteiger partial charge is 0.247 e. The minimum atomic E-state index is -0.326. The van der Waals surface area contributed by atoms with Crippen LogP contribution in [-0.2, 0) is 17.8 Å². The number of carbonyl (C=O) groups excluding carboxylic acids is 1. The van der Waals surface area contributed by atoms with Gasteiger partial charge in [0, 0.05) is 48.5 Å². The van der Waals surface area contributed by atoms with Gasteiger partial charge in [-0.2, -0.15) is 0 Å². The first-order chi connectivity index (χ1) is 15.6. The number of aromatic nitrogens is 1. The van der Waals surface area contributed by atoms with Gasteiger partial charge in [0.1, 0.15) is 5.54 Å². The van der Waals surface area contributed by atoms with E-state index < -0.39 is 0 Å². The number of aromatic amines is 1. The molecular formula is C27H37N5O. The molecule has 0 unspecified atom stereocenters. The zero-order valence-corrected chi connectivity index (χ0v) is 19.1. The molecule has 4 heterocycles. The van der Waals surface area contributed by atoms with Crippen LogP contribution in [0.5, 0.6) is 0 Å². The zero-order chi connectivity index (χ0) is 22.1. The van der Waals surface area contributed by atoms with Gasteiger partial charge in [-0.1, -0.05) is 43.8 Å². The van der Waals surface area contributed by atoms with E-state index >= 15 is 0 Å². The SMILES string of the molecule is C.CN1CCC2(CC1)C(=O)NCN2c1ccccc1.CN1CCc2c([nH]c3ccccc23)C1. The number of para-hydroxylation sites is 2. The lowest BCUT2D eigenvalue weighted by atomic mass is 9.86. The summed E-state index contributed by atoms with van der Waals surface area (Å²) in [6.45, 7) is 4.83. The molecule has 1 spiro atoms. The number of benzene rings is 2. The maximum absolute atomic E-state index is 12.3. The van der Waals surface area contributed by atoms with Gasteiger partial charge in [0.2, 0.25) is 5.91 Å². The molecule has 2 fully saturated rings. The molecule has 33 heavy (non-hydrogen) atoms. The highest BCUT2D eigenvalue weighted by Gasteiger charge is 2.49. The Kier molecular flexibility index (Phi) is 6.77. The summed E-state index contributed by atoms with van der Waals surface area (Å²) < 4.78 is 0. The van der Waals surface area contributed by atoms with Crippen molar-refractivity contribution >= 4 is 22.5 Å². The van der Waals surface area contributed by atoms with Crippen molar-refractivity contribution in [1.29, 1.82) is 0 Å². The van der Waals surface area contributed by atoms with Crippen molar-refractivity contribution in [1.82, 2.24) is 20.1 Å². The molecule has 176 valence electrons. The number of anilines is 1. The second-order valence-electron chi connectivity index (χ2n) is 9.38. The highest BCUT2D eigenvalue weighted by Crippen LogP contribution is 2.35. The van der Waals surface area contributed by atoms with Crippen LogP contribution in [0.15, 0.2) is 54.6 Å². The first-order valence-electron chi connectivity index (χ1n) is 11.6. The molecule has 1 aromatic heterocycles. The van der Waals surface area contributed by atoms with E-state index in [2.05, 4.69) is 75.5 Å². The molecule has 3 aliphatic rings. The van der Waals surface area contributed by atoms with Gasteiger partial charge >= 0.3 is 0 Å². The van der Waals surface area contributed by atoms with Crippen LogP contribution >= 0.6 is 0 Å². The number of likely N-dealkylation sites (N-methyl/N-ethyl adjacent to an activating group) is 1. The highest BCUT2D eigenvalue weighted by atomic mass is 16.2. The number of amides is 1. The summed E-state index contributed by atoms with van der Waals surface area (Å²) in [4.78, 5) is 22.7. The number of likely N-dealkylation sites (tertiary alicyclic amines) is 1. The van der Waals surface area contributed by atoms with E-state index in [0.717, 1.165) is 38.2 Å². The molecule has 0 saturated carbocycles. The Morgan fingerprint density at radius 1 is 0.879 bits per heavy atom. The Balaban J connectivity index is 0.000000157. The van der Waals surface area contributed by atoms with Gasteiger partial charge in [-0.05, 0) is 57.1 Å². The molecule has 6 nitrogen and oxygen atoms in total. The van der Waals surface area contributed by atoms with E-state index in [4.69, 9.17) is 0 Å². The average molecular weight is 448 g/mol. The van der Waals surface area contributed by atoms with Crippen molar-refractivity contribution in [3.8, 4) is 0 Å². The quantitative estimate of drug-likeness (QED) is 0.595. The van der Waals surface area contributed by atoms with Gasteiger partial charge in [0.15, 0.2) is 0 Å². The van der Waals surface area contributed by atoms with Gasteiger partial charge in [-0.3, -0.25) is 4.79 Å². The number of hydrogen-bond acceptors (Lipinski definition) is 4. The van der Waals surface area contributed by atoms with Crippen LogP contribution < -0.4 is 10.2 Å². The lowest BCUT2D eigenvalue weighted by molar-refractivity contribution is -0.125. The van der Waals surface area contributed by atoms with Crippen LogP contribution in [-0.4, -0.2) is 66.6 Å². The molecule has 0 bridgehead atoms. The monoisotopic (exact) mass is 447 g/mol. The van der Waals surface area contributed by atoms with E-state index in [1.807, 2.05) is 18.2 Å². The van der Waals surface area contributed by atoms with Crippen LogP contribution in [0.3, 0.4) is 0 Å². The molecule has 2 aromatic carbocycles. The number of nitrogens with one attached hydrogen (secondary N) is 2. The second-order valence-corrected chi connectivity index (χ2v) is 9.38. The average Bonchev–Trinajstić information content (AvgIpc) is 3.34. The number of fused-ring (bicyclic) bond motifs is 3. The molecule has 6 heteroatoms. The van der Waals surface area contributed by atoms with E-state index in [1.165, 1.54) is 35.1 Å². The Morgan fingerprint density at radius 3 is 2.33 bits per heavy atom. The molecule has 0 atom stereocenters. The predicted octanol–water partition coefficient (Wildman–Crippen LogP) is 3.84. The molecule has 2 saturated heterocycles. The molecule has 1 amide bonds. The minimum Gasteiger partial charge on any atom is -0.357 e. The van der Waals surface area contributed by atoms with E-state index in [0.29, 0.717) is 6.67 Å². The Bertz CT molecular complexity index is 1080. The lowest BCUT2D eigenvalue weighted by Gasteiger charge is -2.42. The molecule has 3 aromatic rings. The zero-order valence-electron chi connectivity index (χ0n) is 19.1. The Labute approximate surface area is 197 Å². The largest absolute Gasteiger partial charge is 0.357 e. The fraction of sp³-hybridized carbons (Fsp3) is 0.444. The second kappa shape index (κ2) is 9.57. The van der Waals surface area contributed by atoms with Crippen LogP contribution in [0, 0.1) is 0 Å². The van der Waals surface area contributed by atoms with Crippen LogP contribution in [0.1, 0.15) is 31.5 Å². The number of hydrogen-bond donors (Lipinski definition) is 2. The molecule has 2 N–H and O–H groups in total. The first kappa shape index (κ1) is 23.3. The van der Waals surface area contributed by atoms with Crippen LogP contribution in [0.25, 0.3) is 10.9 Å². The van der Waals surface area contributed by atoms with Crippen LogP contribution in [0.2, 0.25) is 0 Å². The number of piperidine rings is 1. The first-order valence-corrected chi connectivity index (χ1v) is 11.6. The number of carbonyl (C=O) groups is 1. The molecule has 3 aliphatic heterocycles. The van der Waals surface area contributed by atoms with E-state index in [-0.39, 0.29) is 18.9 Å². The number of H-pyrrole nitrogens is 1. The van der Waals surface area contributed by atoms with Crippen molar-refractivity contribution in [2.45, 2.75) is 38.8 Å². The third kappa shape index (κ3) is 4.37. The summed E-state index contributed by atoms with van der Waals surface area (Å²) >= 11 is 0. The maximum atomic E-state index is 12.3. The maximum Gasteiger partial charge on any atom is 0.247 e. The van der Waals surface area contributed by atoms with Gasteiger partial charge in [-0.25, -0.2) is 0 Å². The normalized spacial score (nSPS) is 20.1. The van der Waals surface area contributed by atoms with Gasteiger partial charge in [0.05, 0.1) is 6.67 Å². The van der Waals surface area contributed by atoms with E-state index in [1.54, 1.807) is 0 Å². The number of rotatable bonds is 1. The summed E-state index contributed by atoms with van der Waals surface area (Å²) in [5.41, 5.74) is 5.03. The fourth-order valence-corrected chi connectivity index (χ4v) is 5.35. The van der Waals surface area contributed by atoms with E-state index in [9.17, 15) is 4.79 Å². The summed E-state index contributed by atoms with van der Waals surface area (Å²) in [5.74, 6) is 0.194. The van der Waals surface area contributed by atoms with Crippen molar-refractivity contribution in [3.05, 3.63) is 65.9 Å². The van der Waals surface area contributed by atoms with Crippen LogP contribution in [0.4, 0.5) is 5.69 Å². The Hall–Kier alpha value is -2.83. The predicted molar refractivity (Wildman–Crippen MR) is 136 cm³/mol. The minimum absolute atomic E-state index is 0. The molecule has 0 aliphatic carbocycles. The standard InChI is InChI=1S/C14H19N3O.C12H14N2.CH4/c1-16-9-7-14(8-10-16)13(18)15-11-17(14)12-5-3-2-4-6-12;1-14-7-6-10-9-4-2-3-5-11(9)13-12(10)8-14;/h2-6H,7-11H2,1H3,(H,15,18);2-5,13H,6-8H2,1H3;1H4. The topological polar surface area (TPSA) is 54.6 Å². The van der Waals surface area contributed by atoms with Crippen molar-refractivity contribution in [2.24, 2.45) is 0 Å². The Morgan fingerprint density at radius 2 is 1.58 bits per heavy atom. The van der Waals surface area contributed by atoms with Crippen molar-refractivity contribution in [2.75, 3.05) is 45.3 Å². The highest BCUT2D eigenvalue weighted by molar-refractivity contribution is 5.93. The third-order valence-corrected chi connectivity index (χ3v) is 7.29. The fourth-order valence-electron chi connectivity index (χ4n) is 5.35. The molecule has 0 radical (unpaired) electrons. The molecule has 6 rings (SSSR count). The van der Waals surface area contributed by atoms with Crippen molar-refractivity contribution in [3.63, 3.8) is 0 Å². The molecular weight excluding hydrogens is 410 g/mol. The third-order valence-electron chi connectivity index (χ3n) is 7.29. The van der Waals surface area contributed by atoms with Crippen molar-refractivity contribution < 1.29 is 4.79 Å². The summed E-state index contributed by atoms with van der Waals surface area (Å²) in [6, 6.07) is 18.8. The summed E-state index contributed by atoms with van der Waals surface area (Å²) in [5, 5.41) is 4.42. The number of nitrogens with zero attached hydrogens (tertiary/aromatic N) is 3. The lowest BCUT2D eigenvalue weighted by Crippen LogP contribution is -2.55. The van der Waals surface area contributed by atoms with Gasteiger partial charge < -0.3 is 25.0 Å². The summed E-state index contributed by atoms with van der Waals surface area (Å²) in [7, 11) is 4.29. The van der Waals surface area contributed by atoms with Gasteiger partial charge in [-0.15, -0.1) is 0 Å². The summed E-state index contributed by atoms with van der Waals surface area (Å²) in [6.07, 6.45) is 2.99.